The second kappa shape index (κ2) is 8.78. The summed E-state index contributed by atoms with van der Waals surface area (Å²) in [5, 5.41) is 0.645. The summed E-state index contributed by atoms with van der Waals surface area (Å²) < 4.78 is 45.6. The number of rotatable bonds is 5. The van der Waals surface area contributed by atoms with Crippen molar-refractivity contribution in [1.29, 1.82) is 0 Å². The van der Waals surface area contributed by atoms with E-state index in [4.69, 9.17) is 27.9 Å². The quantitative estimate of drug-likeness (QED) is 0.644. The fourth-order valence-electron chi connectivity index (χ4n) is 3.02. The molecule has 28 heavy (non-hydrogen) atoms. The van der Waals surface area contributed by atoms with Crippen molar-refractivity contribution in [3.05, 3.63) is 63.9 Å². The van der Waals surface area contributed by atoms with Crippen LogP contribution in [0, 0.1) is 11.7 Å². The van der Waals surface area contributed by atoms with Crippen LogP contribution in [-0.2, 0) is 26.2 Å². The van der Waals surface area contributed by atoms with E-state index >= 15 is 0 Å². The van der Waals surface area contributed by atoms with Crippen molar-refractivity contribution in [2.75, 3.05) is 13.1 Å². The number of halogens is 3. The molecular weight excluding hydrogens is 428 g/mol. The Labute approximate surface area is 173 Å². The number of esters is 1. The Morgan fingerprint density at radius 2 is 1.75 bits per heavy atom. The highest BCUT2D eigenvalue weighted by Gasteiger charge is 2.33. The fraction of sp³-hybridized carbons (Fsp3) is 0.316. The van der Waals surface area contributed by atoms with Crippen LogP contribution >= 0.6 is 23.2 Å². The van der Waals surface area contributed by atoms with Crippen LogP contribution in [-0.4, -0.2) is 31.8 Å². The maximum absolute atomic E-state index is 13.8. The number of piperidine rings is 1. The summed E-state index contributed by atoms with van der Waals surface area (Å²) in [6, 6.07) is 10.2. The first kappa shape index (κ1) is 21.0. The standard InChI is InChI=1S/C19H18Cl2FNO4S/c20-14-4-6-15(7-5-14)28(25,26)23-10-8-13(9-11-23)19(24)27-12-16-17(21)2-1-3-18(16)22/h1-7,13H,8-12H2. The first-order valence-corrected chi connectivity index (χ1v) is 10.8. The molecule has 1 heterocycles. The van der Waals surface area contributed by atoms with Gasteiger partial charge in [0.2, 0.25) is 10.0 Å². The Hall–Kier alpha value is -1.67. The van der Waals surface area contributed by atoms with Gasteiger partial charge in [-0.2, -0.15) is 4.31 Å². The van der Waals surface area contributed by atoms with Gasteiger partial charge in [0.15, 0.2) is 0 Å². The maximum Gasteiger partial charge on any atom is 0.309 e. The molecule has 0 aliphatic carbocycles. The average molecular weight is 446 g/mol. The first-order chi connectivity index (χ1) is 13.3. The third-order valence-corrected chi connectivity index (χ3v) is 7.18. The smallest absolute Gasteiger partial charge is 0.309 e. The lowest BCUT2D eigenvalue weighted by atomic mass is 9.98. The molecule has 0 radical (unpaired) electrons. The molecule has 0 saturated carbocycles. The molecule has 9 heteroatoms. The van der Waals surface area contributed by atoms with Crippen molar-refractivity contribution < 1.29 is 22.3 Å². The van der Waals surface area contributed by atoms with E-state index in [0.717, 1.165) is 0 Å². The lowest BCUT2D eigenvalue weighted by Gasteiger charge is -2.30. The Morgan fingerprint density at radius 3 is 2.36 bits per heavy atom. The number of hydrogen-bond donors (Lipinski definition) is 0. The predicted molar refractivity (Wildman–Crippen MR) is 104 cm³/mol. The van der Waals surface area contributed by atoms with E-state index in [1.165, 1.54) is 46.8 Å². The van der Waals surface area contributed by atoms with Crippen molar-refractivity contribution in [2.24, 2.45) is 5.92 Å². The van der Waals surface area contributed by atoms with E-state index in [2.05, 4.69) is 0 Å². The minimum Gasteiger partial charge on any atom is -0.460 e. The molecule has 3 rings (SSSR count). The molecule has 0 atom stereocenters. The summed E-state index contributed by atoms with van der Waals surface area (Å²) in [5.74, 6) is -1.46. The van der Waals surface area contributed by atoms with Gasteiger partial charge >= 0.3 is 5.97 Å². The molecule has 0 aromatic heterocycles. The lowest BCUT2D eigenvalue weighted by molar-refractivity contribution is -0.151. The number of carbonyl (C=O) groups is 1. The molecule has 1 aliphatic heterocycles. The van der Waals surface area contributed by atoms with Crippen molar-refractivity contribution in [3.63, 3.8) is 0 Å². The van der Waals surface area contributed by atoms with Crippen LogP contribution in [0.15, 0.2) is 47.4 Å². The SMILES string of the molecule is O=C(OCc1c(F)cccc1Cl)C1CCN(S(=O)(=O)c2ccc(Cl)cc2)CC1. The van der Waals surface area contributed by atoms with Gasteiger partial charge in [-0.25, -0.2) is 12.8 Å². The van der Waals surface area contributed by atoms with Crippen molar-refractivity contribution in [3.8, 4) is 0 Å². The van der Waals surface area contributed by atoms with Crippen LogP contribution in [0.1, 0.15) is 18.4 Å². The number of sulfonamides is 1. The molecule has 0 N–H and O–H groups in total. The second-order valence-corrected chi connectivity index (χ2v) is 9.22. The summed E-state index contributed by atoms with van der Waals surface area (Å²) in [5.41, 5.74) is 0.125. The third kappa shape index (κ3) is 4.66. The number of carbonyl (C=O) groups excluding carboxylic acids is 1. The highest BCUT2D eigenvalue weighted by atomic mass is 35.5. The predicted octanol–water partition coefficient (Wildman–Crippen LogP) is 4.28. The minimum absolute atomic E-state index is 0.125. The van der Waals surface area contributed by atoms with Gasteiger partial charge in [0, 0.05) is 23.7 Å². The Kier molecular flexibility index (Phi) is 6.60. The number of ether oxygens (including phenoxy) is 1. The third-order valence-electron chi connectivity index (χ3n) is 4.66. The number of nitrogens with zero attached hydrogens (tertiary/aromatic N) is 1. The van der Waals surface area contributed by atoms with Crippen molar-refractivity contribution in [1.82, 2.24) is 4.31 Å². The Bertz CT molecular complexity index is 938. The average Bonchev–Trinajstić information content (AvgIpc) is 2.68. The number of hydrogen-bond acceptors (Lipinski definition) is 4. The van der Waals surface area contributed by atoms with E-state index in [1.807, 2.05) is 0 Å². The van der Waals surface area contributed by atoms with Crippen LogP contribution in [0.25, 0.3) is 0 Å². The molecule has 1 fully saturated rings. The monoisotopic (exact) mass is 445 g/mol. The van der Waals surface area contributed by atoms with Crippen LogP contribution in [0.5, 0.6) is 0 Å². The largest absolute Gasteiger partial charge is 0.460 e. The zero-order valence-electron chi connectivity index (χ0n) is 14.8. The van der Waals surface area contributed by atoms with E-state index in [0.29, 0.717) is 17.9 Å². The first-order valence-electron chi connectivity index (χ1n) is 8.64. The van der Waals surface area contributed by atoms with Gasteiger partial charge in [-0.15, -0.1) is 0 Å². The summed E-state index contributed by atoms with van der Waals surface area (Å²) in [6.07, 6.45) is 0.660. The summed E-state index contributed by atoms with van der Waals surface area (Å²) in [7, 11) is -3.64. The van der Waals surface area contributed by atoms with Gasteiger partial charge in [0.05, 0.1) is 15.8 Å². The summed E-state index contributed by atoms with van der Waals surface area (Å²) in [6.45, 7) is 0.143. The van der Waals surface area contributed by atoms with Crippen molar-refractivity contribution in [2.45, 2.75) is 24.3 Å². The lowest BCUT2D eigenvalue weighted by Crippen LogP contribution is -2.40. The van der Waals surface area contributed by atoms with E-state index in [9.17, 15) is 17.6 Å². The molecule has 2 aromatic carbocycles. The molecule has 1 saturated heterocycles. The zero-order valence-corrected chi connectivity index (χ0v) is 17.1. The van der Waals surface area contributed by atoms with Gasteiger partial charge in [0.25, 0.3) is 0 Å². The Balaban J connectivity index is 1.57. The van der Waals surface area contributed by atoms with Crippen LogP contribution in [0.4, 0.5) is 4.39 Å². The highest BCUT2D eigenvalue weighted by molar-refractivity contribution is 7.89. The van der Waals surface area contributed by atoms with Gasteiger partial charge in [-0.1, -0.05) is 29.3 Å². The van der Waals surface area contributed by atoms with Gasteiger partial charge < -0.3 is 4.74 Å². The topological polar surface area (TPSA) is 63.7 Å². The van der Waals surface area contributed by atoms with Gasteiger partial charge in [-0.3, -0.25) is 4.79 Å². The molecule has 150 valence electrons. The van der Waals surface area contributed by atoms with Gasteiger partial charge in [-0.05, 0) is 49.2 Å². The number of benzene rings is 2. The maximum atomic E-state index is 13.8. The zero-order chi connectivity index (χ0) is 20.3. The van der Waals surface area contributed by atoms with Crippen LogP contribution < -0.4 is 0 Å². The summed E-state index contributed by atoms with van der Waals surface area (Å²) in [4.78, 5) is 12.4. The molecule has 0 bridgehead atoms. The molecule has 1 aliphatic rings. The molecular formula is C19H18Cl2FNO4S. The molecule has 5 nitrogen and oxygen atoms in total. The van der Waals surface area contributed by atoms with Crippen molar-refractivity contribution >= 4 is 39.2 Å². The van der Waals surface area contributed by atoms with E-state index in [1.54, 1.807) is 0 Å². The summed E-state index contributed by atoms with van der Waals surface area (Å²) >= 11 is 11.7. The highest BCUT2D eigenvalue weighted by Crippen LogP contribution is 2.26. The molecule has 0 spiro atoms. The molecule has 2 aromatic rings. The van der Waals surface area contributed by atoms with Crippen LogP contribution in [0.2, 0.25) is 10.0 Å². The van der Waals surface area contributed by atoms with Gasteiger partial charge in [0.1, 0.15) is 12.4 Å². The van der Waals surface area contributed by atoms with Crippen LogP contribution in [0.3, 0.4) is 0 Å². The minimum atomic E-state index is -3.64. The second-order valence-electron chi connectivity index (χ2n) is 6.44. The molecule has 0 unspecified atom stereocenters. The fourth-order valence-corrected chi connectivity index (χ4v) is 4.83. The van der Waals surface area contributed by atoms with E-state index in [-0.39, 0.29) is 35.2 Å². The van der Waals surface area contributed by atoms with E-state index < -0.39 is 27.7 Å². The Morgan fingerprint density at radius 1 is 1.11 bits per heavy atom. The normalized spacial score (nSPS) is 16.1. The molecule has 0 amide bonds.